The van der Waals surface area contributed by atoms with Gasteiger partial charge in [-0.2, -0.15) is 0 Å². The fraction of sp³-hybridized carbons (Fsp3) is 0.250. The predicted molar refractivity (Wildman–Crippen MR) is 78.1 cm³/mol. The van der Waals surface area contributed by atoms with Gasteiger partial charge in [0.25, 0.3) is 0 Å². The molecule has 18 heavy (non-hydrogen) atoms. The summed E-state index contributed by atoms with van der Waals surface area (Å²) in [5.74, 6) is 0. The van der Waals surface area contributed by atoms with E-state index in [1.807, 2.05) is 18.2 Å². The van der Waals surface area contributed by atoms with Gasteiger partial charge in [-0.05, 0) is 49.3 Å². The van der Waals surface area contributed by atoms with Crippen LogP contribution in [0.1, 0.15) is 16.7 Å². The molecule has 0 heterocycles. The molecule has 0 unspecified atom stereocenters. The average molecular weight is 260 g/mol. The van der Waals surface area contributed by atoms with Gasteiger partial charge in [0.15, 0.2) is 0 Å². The highest BCUT2D eigenvalue weighted by molar-refractivity contribution is 6.30. The molecule has 0 N–H and O–H groups in total. The van der Waals surface area contributed by atoms with Crippen molar-refractivity contribution in [1.29, 1.82) is 0 Å². The fourth-order valence-electron chi connectivity index (χ4n) is 2.09. The van der Waals surface area contributed by atoms with E-state index in [1.54, 1.807) is 0 Å². The summed E-state index contributed by atoms with van der Waals surface area (Å²) in [6.45, 7) is 0.976. The van der Waals surface area contributed by atoms with Crippen LogP contribution >= 0.6 is 11.6 Å². The van der Waals surface area contributed by atoms with Crippen molar-refractivity contribution >= 4 is 11.6 Å². The Labute approximate surface area is 114 Å². The predicted octanol–water partition coefficient (Wildman–Crippen LogP) is 3.99. The molecule has 0 saturated heterocycles. The third-order valence-corrected chi connectivity index (χ3v) is 3.02. The monoisotopic (exact) mass is 259 g/mol. The zero-order chi connectivity index (χ0) is 13.0. The molecule has 0 aliphatic carbocycles. The lowest BCUT2D eigenvalue weighted by molar-refractivity contribution is 0.402. The first kappa shape index (κ1) is 13.1. The molecule has 2 heteroatoms. The number of hydrogen-bond acceptors (Lipinski definition) is 1. The van der Waals surface area contributed by atoms with Gasteiger partial charge in [-0.15, -0.1) is 0 Å². The summed E-state index contributed by atoms with van der Waals surface area (Å²) in [6.07, 6.45) is 0.932. The van der Waals surface area contributed by atoms with E-state index in [1.165, 1.54) is 16.7 Å². The number of halogens is 1. The van der Waals surface area contributed by atoms with Gasteiger partial charge in [-0.25, -0.2) is 0 Å². The Balaban J connectivity index is 2.14. The van der Waals surface area contributed by atoms with Crippen molar-refractivity contribution in [3.05, 3.63) is 70.2 Å². The molecule has 0 fully saturated rings. The Hall–Kier alpha value is -1.31. The summed E-state index contributed by atoms with van der Waals surface area (Å²) >= 11 is 6.00. The molecular formula is C16H18ClN. The third-order valence-electron chi connectivity index (χ3n) is 2.79. The highest BCUT2D eigenvalue weighted by atomic mass is 35.5. The van der Waals surface area contributed by atoms with Crippen molar-refractivity contribution in [2.75, 3.05) is 14.1 Å². The quantitative estimate of drug-likeness (QED) is 0.803. The van der Waals surface area contributed by atoms with E-state index < -0.39 is 0 Å². The maximum absolute atomic E-state index is 6.00. The molecular weight excluding hydrogens is 242 g/mol. The normalized spacial score (nSPS) is 10.9. The fourth-order valence-corrected chi connectivity index (χ4v) is 2.30. The van der Waals surface area contributed by atoms with Gasteiger partial charge in [0.2, 0.25) is 0 Å². The zero-order valence-electron chi connectivity index (χ0n) is 10.9. The lowest BCUT2D eigenvalue weighted by atomic mass is 10.0. The minimum atomic E-state index is 0.803. The first-order chi connectivity index (χ1) is 8.63. The van der Waals surface area contributed by atoms with Crippen LogP contribution < -0.4 is 0 Å². The molecule has 2 aromatic rings. The maximum Gasteiger partial charge on any atom is 0.0408 e. The molecule has 2 aromatic carbocycles. The van der Waals surface area contributed by atoms with Crippen molar-refractivity contribution in [1.82, 2.24) is 4.90 Å². The molecule has 0 bridgehead atoms. The Morgan fingerprint density at radius 2 is 1.50 bits per heavy atom. The second kappa shape index (κ2) is 6.03. The van der Waals surface area contributed by atoms with Crippen molar-refractivity contribution in [2.45, 2.75) is 13.0 Å². The number of nitrogens with zero attached hydrogens (tertiary/aromatic N) is 1. The smallest absolute Gasteiger partial charge is 0.0408 e. The Bertz CT molecular complexity index is 520. The van der Waals surface area contributed by atoms with Gasteiger partial charge in [0.1, 0.15) is 0 Å². The van der Waals surface area contributed by atoms with Gasteiger partial charge >= 0.3 is 0 Å². The molecule has 0 spiro atoms. The zero-order valence-corrected chi connectivity index (χ0v) is 11.6. The molecule has 0 aromatic heterocycles. The van der Waals surface area contributed by atoms with Crippen LogP contribution in [-0.4, -0.2) is 19.0 Å². The van der Waals surface area contributed by atoms with E-state index in [4.69, 9.17) is 11.6 Å². The summed E-state index contributed by atoms with van der Waals surface area (Å²) in [7, 11) is 4.17. The molecule has 0 amide bonds. The van der Waals surface area contributed by atoms with Crippen LogP contribution in [0.25, 0.3) is 0 Å². The highest BCUT2D eigenvalue weighted by Gasteiger charge is 2.00. The second-order valence-corrected chi connectivity index (χ2v) is 5.30. The van der Waals surface area contributed by atoms with Crippen LogP contribution in [-0.2, 0) is 13.0 Å². The minimum Gasteiger partial charge on any atom is -0.305 e. The van der Waals surface area contributed by atoms with Gasteiger partial charge in [0.05, 0.1) is 0 Å². The Morgan fingerprint density at radius 1 is 0.889 bits per heavy atom. The lowest BCUT2D eigenvalue weighted by Gasteiger charge is -2.11. The van der Waals surface area contributed by atoms with E-state index in [9.17, 15) is 0 Å². The summed E-state index contributed by atoms with van der Waals surface area (Å²) in [5.41, 5.74) is 3.93. The summed E-state index contributed by atoms with van der Waals surface area (Å²) < 4.78 is 0. The van der Waals surface area contributed by atoms with E-state index in [0.717, 1.165) is 18.0 Å². The number of rotatable bonds is 4. The molecule has 0 saturated carbocycles. The molecule has 94 valence electrons. The van der Waals surface area contributed by atoms with E-state index >= 15 is 0 Å². The topological polar surface area (TPSA) is 3.24 Å². The van der Waals surface area contributed by atoms with Gasteiger partial charge < -0.3 is 4.90 Å². The molecule has 0 aliphatic heterocycles. The molecule has 0 atom stereocenters. The van der Waals surface area contributed by atoms with Crippen molar-refractivity contribution in [3.8, 4) is 0 Å². The number of hydrogen-bond donors (Lipinski definition) is 0. The lowest BCUT2D eigenvalue weighted by Crippen LogP contribution is -2.10. The summed E-state index contributed by atoms with van der Waals surface area (Å²) in [4.78, 5) is 2.18. The minimum absolute atomic E-state index is 0.803. The molecule has 2 rings (SSSR count). The van der Waals surface area contributed by atoms with Gasteiger partial charge in [-0.3, -0.25) is 0 Å². The van der Waals surface area contributed by atoms with Crippen molar-refractivity contribution in [3.63, 3.8) is 0 Å². The third kappa shape index (κ3) is 3.86. The second-order valence-electron chi connectivity index (χ2n) is 4.86. The molecule has 1 nitrogen and oxygen atoms in total. The van der Waals surface area contributed by atoms with Gasteiger partial charge in [-0.1, -0.05) is 48.0 Å². The van der Waals surface area contributed by atoms with Crippen molar-refractivity contribution < 1.29 is 0 Å². The first-order valence-corrected chi connectivity index (χ1v) is 6.48. The summed E-state index contributed by atoms with van der Waals surface area (Å²) in [5, 5.41) is 0.803. The van der Waals surface area contributed by atoms with Crippen LogP contribution in [0.5, 0.6) is 0 Å². The number of benzene rings is 2. The standard InChI is InChI=1S/C16H18ClN/c1-18(2)12-15-7-3-5-13(10-15)9-14-6-4-8-16(17)11-14/h3-8,10-11H,9,12H2,1-2H3. The van der Waals surface area contributed by atoms with Gasteiger partial charge in [0, 0.05) is 11.6 Å². The molecule has 0 aliphatic rings. The molecule has 0 radical (unpaired) electrons. The maximum atomic E-state index is 6.00. The van der Waals surface area contributed by atoms with Crippen LogP contribution in [0.2, 0.25) is 5.02 Å². The van der Waals surface area contributed by atoms with Crippen LogP contribution in [0, 0.1) is 0 Å². The highest BCUT2D eigenvalue weighted by Crippen LogP contribution is 2.16. The van der Waals surface area contributed by atoms with Crippen LogP contribution in [0.3, 0.4) is 0 Å². The van der Waals surface area contributed by atoms with Crippen LogP contribution in [0.15, 0.2) is 48.5 Å². The summed E-state index contributed by atoms with van der Waals surface area (Å²) in [6, 6.07) is 16.8. The Kier molecular flexibility index (Phi) is 4.40. The van der Waals surface area contributed by atoms with Crippen LogP contribution in [0.4, 0.5) is 0 Å². The van der Waals surface area contributed by atoms with E-state index in [0.29, 0.717) is 0 Å². The average Bonchev–Trinajstić information content (AvgIpc) is 2.28. The SMILES string of the molecule is CN(C)Cc1cccc(Cc2cccc(Cl)c2)c1. The van der Waals surface area contributed by atoms with Crippen molar-refractivity contribution in [2.24, 2.45) is 0 Å². The largest absolute Gasteiger partial charge is 0.305 e. The Morgan fingerprint density at radius 3 is 2.17 bits per heavy atom. The van der Waals surface area contributed by atoms with E-state index in [2.05, 4.69) is 49.3 Å². The first-order valence-electron chi connectivity index (χ1n) is 6.10. The van der Waals surface area contributed by atoms with E-state index in [-0.39, 0.29) is 0 Å².